The van der Waals surface area contributed by atoms with Crippen molar-refractivity contribution in [3.8, 4) is 0 Å². The van der Waals surface area contributed by atoms with Crippen molar-refractivity contribution < 1.29 is 35.9 Å². The van der Waals surface area contributed by atoms with Crippen molar-refractivity contribution in [1.29, 1.82) is 0 Å². The normalized spacial score (nSPS) is 14.8. The highest BCUT2D eigenvalue weighted by molar-refractivity contribution is 6.00. The van der Waals surface area contributed by atoms with Gasteiger partial charge in [-0.25, -0.2) is 9.18 Å². The minimum absolute atomic E-state index is 0.214. The number of amides is 1. The van der Waals surface area contributed by atoms with E-state index in [4.69, 9.17) is 0 Å². The van der Waals surface area contributed by atoms with Crippen molar-refractivity contribution in [1.82, 2.24) is 0 Å². The molecule has 136 valence electrons. The van der Waals surface area contributed by atoms with Gasteiger partial charge in [0.2, 0.25) is 0 Å². The molecule has 0 spiro atoms. The predicted molar refractivity (Wildman–Crippen MR) is 79.4 cm³/mol. The molecule has 0 heterocycles. The van der Waals surface area contributed by atoms with Gasteiger partial charge in [-0.05, 0) is 18.4 Å². The van der Waals surface area contributed by atoms with Crippen molar-refractivity contribution >= 4 is 22.6 Å². The van der Waals surface area contributed by atoms with Crippen LogP contribution in [0, 0.1) is 0 Å². The molecule has 2 rings (SSSR count). The largest absolute Gasteiger partial charge is 0.440 e. The van der Waals surface area contributed by atoms with Crippen molar-refractivity contribution in [3.63, 3.8) is 0 Å². The monoisotopic (exact) mass is 365 g/mol. The van der Waals surface area contributed by atoms with Gasteiger partial charge in [0.1, 0.15) is 0 Å². The number of hydrogen-bond acceptors (Lipinski definition) is 2. The number of alkyl halides is 6. The summed E-state index contributed by atoms with van der Waals surface area (Å²) >= 11 is 0. The Hall–Kier alpha value is -2.45. The third kappa shape index (κ3) is 4.15. The topological polar surface area (TPSA) is 38.3 Å². The lowest BCUT2D eigenvalue weighted by Crippen LogP contribution is -2.50. The lowest BCUT2D eigenvalue weighted by atomic mass is 10.1. The summed E-state index contributed by atoms with van der Waals surface area (Å²) in [7, 11) is 0. The summed E-state index contributed by atoms with van der Waals surface area (Å²) in [5, 5.41) is 3.47. The molecule has 3 nitrogen and oxygen atoms in total. The van der Waals surface area contributed by atoms with Crippen molar-refractivity contribution in [2.24, 2.45) is 0 Å². The fourth-order valence-corrected chi connectivity index (χ4v) is 2.14. The molecule has 2 aromatic carbocycles. The first-order valence-electron chi connectivity index (χ1n) is 7.07. The quantitative estimate of drug-likeness (QED) is 0.746. The molecule has 0 bridgehead atoms. The van der Waals surface area contributed by atoms with E-state index >= 15 is 0 Å². The second-order valence-electron chi connectivity index (χ2n) is 5.28. The SMILES string of the molecule is C[C@@H](OC(=O)Nc1cccc2ccccc12)C(F)(F)[C@H](F)C(F)(F)F. The second-order valence-corrected chi connectivity index (χ2v) is 5.28. The highest BCUT2D eigenvalue weighted by Gasteiger charge is 2.60. The summed E-state index contributed by atoms with van der Waals surface area (Å²) in [5.41, 5.74) is 0.214. The number of rotatable bonds is 4. The van der Waals surface area contributed by atoms with Gasteiger partial charge < -0.3 is 4.74 Å². The first-order valence-corrected chi connectivity index (χ1v) is 7.07. The van der Waals surface area contributed by atoms with Gasteiger partial charge in [0.15, 0.2) is 6.10 Å². The van der Waals surface area contributed by atoms with E-state index in [1.165, 1.54) is 6.07 Å². The molecule has 25 heavy (non-hydrogen) atoms. The van der Waals surface area contributed by atoms with Gasteiger partial charge in [-0.1, -0.05) is 36.4 Å². The molecule has 0 fully saturated rings. The minimum Gasteiger partial charge on any atom is -0.440 e. The maximum Gasteiger partial charge on any atom is 0.425 e. The molecule has 0 aliphatic carbocycles. The van der Waals surface area contributed by atoms with Crippen molar-refractivity contribution in [2.75, 3.05) is 5.32 Å². The van der Waals surface area contributed by atoms with Crippen molar-refractivity contribution in [3.05, 3.63) is 42.5 Å². The van der Waals surface area contributed by atoms with Crippen LogP contribution in [0.2, 0.25) is 0 Å². The van der Waals surface area contributed by atoms with Crippen LogP contribution in [0.1, 0.15) is 6.92 Å². The Balaban J connectivity index is 2.11. The molecule has 1 N–H and O–H groups in total. The van der Waals surface area contributed by atoms with E-state index in [2.05, 4.69) is 10.1 Å². The van der Waals surface area contributed by atoms with Crippen LogP contribution in [0.25, 0.3) is 10.8 Å². The average molecular weight is 365 g/mol. The van der Waals surface area contributed by atoms with Crippen LogP contribution in [0.15, 0.2) is 42.5 Å². The van der Waals surface area contributed by atoms with Gasteiger partial charge in [-0.3, -0.25) is 5.32 Å². The number of hydrogen-bond donors (Lipinski definition) is 1. The Bertz CT molecular complexity index is 756. The van der Waals surface area contributed by atoms with E-state index in [1.54, 1.807) is 36.4 Å². The average Bonchev–Trinajstić information content (AvgIpc) is 2.53. The van der Waals surface area contributed by atoms with Crippen LogP contribution < -0.4 is 5.32 Å². The molecule has 0 aliphatic rings. The summed E-state index contributed by atoms with van der Waals surface area (Å²) in [4.78, 5) is 11.7. The van der Waals surface area contributed by atoms with Crippen LogP contribution in [-0.2, 0) is 4.74 Å². The summed E-state index contributed by atoms with van der Waals surface area (Å²) < 4.78 is 80.6. The highest BCUT2D eigenvalue weighted by Crippen LogP contribution is 2.38. The molecule has 2 atom stereocenters. The molecule has 0 radical (unpaired) electrons. The first-order chi connectivity index (χ1) is 11.5. The summed E-state index contributed by atoms with van der Waals surface area (Å²) in [6, 6.07) is 11.6. The molecular weight excluding hydrogens is 352 g/mol. The van der Waals surface area contributed by atoms with Gasteiger partial charge in [0.25, 0.3) is 6.17 Å². The molecule has 9 heteroatoms. The predicted octanol–water partition coefficient (Wildman–Crippen LogP) is 5.31. The van der Waals surface area contributed by atoms with E-state index in [9.17, 15) is 31.1 Å². The smallest absolute Gasteiger partial charge is 0.425 e. The number of carbonyl (C=O) groups is 1. The Labute approximate surface area is 138 Å². The van der Waals surface area contributed by atoms with Crippen LogP contribution in [0.5, 0.6) is 0 Å². The van der Waals surface area contributed by atoms with E-state index in [0.717, 1.165) is 5.39 Å². The third-order valence-corrected chi connectivity index (χ3v) is 3.48. The maximum absolute atomic E-state index is 13.5. The van der Waals surface area contributed by atoms with Gasteiger partial charge in [0, 0.05) is 5.39 Å². The second kappa shape index (κ2) is 6.81. The van der Waals surface area contributed by atoms with Gasteiger partial charge >= 0.3 is 18.2 Å². The molecule has 0 saturated carbocycles. The lowest BCUT2D eigenvalue weighted by molar-refractivity contribution is -0.264. The van der Waals surface area contributed by atoms with Gasteiger partial charge in [-0.2, -0.15) is 22.0 Å². The fraction of sp³-hybridized carbons (Fsp3) is 0.312. The molecule has 2 aromatic rings. The number of fused-ring (bicyclic) bond motifs is 1. The first kappa shape index (κ1) is 18.9. The zero-order valence-corrected chi connectivity index (χ0v) is 12.8. The van der Waals surface area contributed by atoms with E-state index in [0.29, 0.717) is 12.3 Å². The van der Waals surface area contributed by atoms with E-state index in [-0.39, 0.29) is 5.69 Å². The van der Waals surface area contributed by atoms with Crippen molar-refractivity contribution in [2.45, 2.75) is 31.3 Å². The van der Waals surface area contributed by atoms with Crippen LogP contribution in [0.4, 0.5) is 36.8 Å². The van der Waals surface area contributed by atoms with E-state index < -0.39 is 30.5 Å². The molecule has 0 saturated heterocycles. The summed E-state index contributed by atoms with van der Waals surface area (Å²) in [6.07, 6.45) is -14.3. The summed E-state index contributed by atoms with van der Waals surface area (Å²) in [5.74, 6) is -4.92. The molecule has 0 aliphatic heterocycles. The lowest BCUT2D eigenvalue weighted by Gasteiger charge is -2.27. The van der Waals surface area contributed by atoms with Crippen LogP contribution in [0.3, 0.4) is 0 Å². The fourth-order valence-electron chi connectivity index (χ4n) is 2.14. The zero-order chi connectivity index (χ0) is 18.8. The summed E-state index contributed by atoms with van der Waals surface area (Å²) in [6.45, 7) is 0.487. The third-order valence-electron chi connectivity index (χ3n) is 3.48. The van der Waals surface area contributed by atoms with Crippen LogP contribution >= 0.6 is 0 Å². The number of carbonyl (C=O) groups excluding carboxylic acids is 1. The highest BCUT2D eigenvalue weighted by atomic mass is 19.4. The zero-order valence-electron chi connectivity index (χ0n) is 12.8. The van der Waals surface area contributed by atoms with Gasteiger partial charge in [-0.15, -0.1) is 0 Å². The molecule has 0 aromatic heterocycles. The number of halogens is 6. The standard InChI is InChI=1S/C16H13F6NO2/c1-9(15(18,19)13(17)16(20,21)22)25-14(24)23-12-8-4-6-10-5-2-3-7-11(10)12/h2-9,13H,1H3,(H,23,24)/t9-,13+/m1/s1. The number of benzene rings is 2. The molecular formula is C16H13F6NO2. The number of ether oxygens (including phenoxy) is 1. The number of nitrogens with one attached hydrogen (secondary N) is 1. The Morgan fingerprint density at radius 1 is 1.04 bits per heavy atom. The Morgan fingerprint density at radius 3 is 2.28 bits per heavy atom. The maximum atomic E-state index is 13.5. The van der Waals surface area contributed by atoms with Crippen LogP contribution in [-0.4, -0.2) is 30.5 Å². The number of anilines is 1. The Morgan fingerprint density at radius 2 is 1.64 bits per heavy atom. The van der Waals surface area contributed by atoms with Gasteiger partial charge in [0.05, 0.1) is 5.69 Å². The van der Waals surface area contributed by atoms with E-state index in [1.807, 2.05) is 0 Å². The molecule has 0 unspecified atom stereocenters. The minimum atomic E-state index is -5.77. The Kier molecular flexibility index (Phi) is 5.15. The molecule has 1 amide bonds.